The lowest BCUT2D eigenvalue weighted by atomic mass is 9.92. The molecular formula is C21H20N2O4. The van der Waals surface area contributed by atoms with Crippen molar-refractivity contribution < 1.29 is 14.4 Å². The molecule has 0 saturated carbocycles. The minimum Gasteiger partial charge on any atom is -0.478 e. The van der Waals surface area contributed by atoms with Crippen LogP contribution in [0.25, 0.3) is 11.4 Å². The number of rotatable bonds is 8. The van der Waals surface area contributed by atoms with Gasteiger partial charge in [-0.25, -0.2) is 9.59 Å². The molecule has 0 spiro atoms. The molecule has 27 heavy (non-hydrogen) atoms. The van der Waals surface area contributed by atoms with E-state index >= 15 is 0 Å². The largest absolute Gasteiger partial charge is 0.478 e. The molecule has 3 rings (SSSR count). The Morgan fingerprint density at radius 2 is 1.81 bits per heavy atom. The molecule has 0 aliphatic rings. The fraction of sp³-hybridized carbons (Fsp3) is 0.190. The molecule has 0 bridgehead atoms. The molecule has 0 amide bonds. The van der Waals surface area contributed by atoms with E-state index < -0.39 is 11.7 Å². The first kappa shape index (κ1) is 18.4. The molecule has 1 unspecified atom stereocenters. The third-order valence-electron chi connectivity index (χ3n) is 4.50. The normalized spacial score (nSPS) is 11.9. The van der Waals surface area contributed by atoms with Gasteiger partial charge in [0, 0.05) is 5.56 Å². The van der Waals surface area contributed by atoms with E-state index in [1.165, 1.54) is 5.56 Å². The van der Waals surface area contributed by atoms with Gasteiger partial charge in [0.25, 0.3) is 0 Å². The third-order valence-corrected chi connectivity index (χ3v) is 4.50. The van der Waals surface area contributed by atoms with Crippen LogP contribution in [-0.2, 0) is 12.8 Å². The summed E-state index contributed by atoms with van der Waals surface area (Å²) in [6.45, 7) is 3.92. The smallest absolute Gasteiger partial charge is 0.439 e. The Balaban J connectivity index is 1.58. The van der Waals surface area contributed by atoms with Crippen LogP contribution in [0.15, 0.2) is 70.5 Å². The predicted octanol–water partition coefficient (Wildman–Crippen LogP) is 3.71. The number of benzene rings is 2. The van der Waals surface area contributed by atoms with Gasteiger partial charge >= 0.3 is 11.7 Å². The Morgan fingerprint density at radius 3 is 2.37 bits per heavy atom. The average molecular weight is 364 g/mol. The van der Waals surface area contributed by atoms with Crippen molar-refractivity contribution in [3.63, 3.8) is 0 Å². The monoisotopic (exact) mass is 364 g/mol. The summed E-state index contributed by atoms with van der Waals surface area (Å²) >= 11 is 0. The molecule has 2 aromatic carbocycles. The Bertz CT molecular complexity index is 968. The minimum atomic E-state index is -0.917. The van der Waals surface area contributed by atoms with Crippen molar-refractivity contribution in [2.45, 2.75) is 19.3 Å². The molecule has 138 valence electrons. The van der Waals surface area contributed by atoms with Gasteiger partial charge in [-0.15, -0.1) is 6.58 Å². The minimum absolute atomic E-state index is 0.294. The molecule has 1 atom stereocenters. The van der Waals surface area contributed by atoms with Crippen molar-refractivity contribution >= 4 is 5.97 Å². The van der Waals surface area contributed by atoms with Crippen LogP contribution in [-0.4, -0.2) is 21.2 Å². The van der Waals surface area contributed by atoms with Crippen molar-refractivity contribution in [3.8, 4) is 11.4 Å². The van der Waals surface area contributed by atoms with Crippen LogP contribution in [0, 0.1) is 5.92 Å². The van der Waals surface area contributed by atoms with Gasteiger partial charge in [0.1, 0.15) is 0 Å². The number of hydrogen-bond acceptors (Lipinski definition) is 4. The Morgan fingerprint density at radius 1 is 1.15 bits per heavy atom. The first-order chi connectivity index (χ1) is 13.0. The summed E-state index contributed by atoms with van der Waals surface area (Å²) in [7, 11) is 0. The summed E-state index contributed by atoms with van der Waals surface area (Å²) in [6, 6.07) is 14.8. The number of H-pyrrole nitrogens is 1. The lowest BCUT2D eigenvalue weighted by Crippen LogP contribution is -2.04. The van der Waals surface area contributed by atoms with Gasteiger partial charge in [0.05, 0.1) is 5.56 Å². The number of nitrogens with zero attached hydrogens (tertiary/aromatic N) is 1. The maximum Gasteiger partial charge on any atom is 0.439 e. The van der Waals surface area contributed by atoms with Crippen molar-refractivity contribution in [1.29, 1.82) is 0 Å². The Hall–Kier alpha value is -3.41. The van der Waals surface area contributed by atoms with Crippen LogP contribution in [0.3, 0.4) is 0 Å². The molecule has 1 aromatic heterocycles. The van der Waals surface area contributed by atoms with E-state index in [9.17, 15) is 9.59 Å². The molecule has 6 nitrogen and oxygen atoms in total. The van der Waals surface area contributed by atoms with E-state index in [2.05, 4.69) is 21.2 Å². The summed E-state index contributed by atoms with van der Waals surface area (Å²) in [5.41, 5.74) is 3.36. The van der Waals surface area contributed by atoms with Crippen LogP contribution in [0.1, 0.15) is 27.9 Å². The quantitative estimate of drug-likeness (QED) is 0.594. The topological polar surface area (TPSA) is 96.2 Å². The fourth-order valence-corrected chi connectivity index (χ4v) is 2.93. The number of carbonyl (C=O) groups is 1. The highest BCUT2D eigenvalue weighted by molar-refractivity contribution is 5.87. The Kier molecular flexibility index (Phi) is 5.66. The van der Waals surface area contributed by atoms with E-state index in [1.807, 2.05) is 42.5 Å². The van der Waals surface area contributed by atoms with Gasteiger partial charge in [0.2, 0.25) is 0 Å². The molecule has 6 heteroatoms. The van der Waals surface area contributed by atoms with Gasteiger partial charge in [0.15, 0.2) is 5.82 Å². The van der Waals surface area contributed by atoms with Crippen molar-refractivity contribution in [3.05, 3.63) is 88.4 Å². The number of aromatic carboxylic acids is 1. The summed E-state index contributed by atoms with van der Waals surface area (Å²) in [6.07, 6.45) is 4.59. The molecule has 0 fully saturated rings. The summed E-state index contributed by atoms with van der Waals surface area (Å²) in [5.74, 6) is -0.771. The second-order valence-electron chi connectivity index (χ2n) is 6.38. The number of nitrogens with one attached hydrogen (secondary N) is 1. The second-order valence-corrected chi connectivity index (χ2v) is 6.38. The zero-order chi connectivity index (χ0) is 19.2. The highest BCUT2D eigenvalue weighted by Gasteiger charge is 2.09. The maximum absolute atomic E-state index is 11.0. The average Bonchev–Trinajstić information content (AvgIpc) is 3.12. The van der Waals surface area contributed by atoms with E-state index in [0.29, 0.717) is 17.3 Å². The second kappa shape index (κ2) is 8.31. The van der Waals surface area contributed by atoms with Crippen LogP contribution in [0.2, 0.25) is 0 Å². The van der Waals surface area contributed by atoms with Gasteiger partial charge in [-0.3, -0.25) is 9.51 Å². The number of allylic oxidation sites excluding steroid dienone is 1. The lowest BCUT2D eigenvalue weighted by molar-refractivity contribution is 0.0697. The van der Waals surface area contributed by atoms with Crippen LogP contribution >= 0.6 is 0 Å². The van der Waals surface area contributed by atoms with Gasteiger partial charge in [-0.1, -0.05) is 47.6 Å². The molecule has 0 radical (unpaired) electrons. The standard InChI is InChI=1S/C21H20N2O4/c1-2-14(13-16-7-11-18(12-8-16)20(24)25)3-4-15-5-9-17(10-6-15)19-22-21(26)27-23-19/h2,5-12,14H,1,3-4,13H2,(H,24,25)(H,22,23,26). The third kappa shape index (κ3) is 4.82. The van der Waals surface area contributed by atoms with Crippen LogP contribution < -0.4 is 5.76 Å². The van der Waals surface area contributed by atoms with E-state index in [4.69, 9.17) is 5.11 Å². The summed E-state index contributed by atoms with van der Waals surface area (Å²) in [4.78, 5) is 24.5. The summed E-state index contributed by atoms with van der Waals surface area (Å²) < 4.78 is 4.51. The van der Waals surface area contributed by atoms with Gasteiger partial charge in [-0.2, -0.15) is 0 Å². The van der Waals surface area contributed by atoms with Gasteiger partial charge in [-0.05, 0) is 48.4 Å². The SMILES string of the molecule is C=CC(CCc1ccc(-c2noc(=O)[nH]2)cc1)Cc1ccc(C(=O)O)cc1. The number of aryl methyl sites for hydroxylation is 1. The number of aromatic nitrogens is 2. The fourth-order valence-electron chi connectivity index (χ4n) is 2.93. The number of aromatic amines is 1. The zero-order valence-corrected chi connectivity index (χ0v) is 14.7. The molecular weight excluding hydrogens is 344 g/mol. The van der Waals surface area contributed by atoms with Gasteiger partial charge < -0.3 is 5.11 Å². The van der Waals surface area contributed by atoms with Crippen molar-refractivity contribution in [1.82, 2.24) is 10.1 Å². The first-order valence-corrected chi connectivity index (χ1v) is 8.65. The highest BCUT2D eigenvalue weighted by Crippen LogP contribution is 2.19. The maximum atomic E-state index is 11.0. The number of carboxylic acid groups (broad SMARTS) is 1. The van der Waals surface area contributed by atoms with E-state index in [0.717, 1.165) is 30.4 Å². The van der Waals surface area contributed by atoms with E-state index in [1.54, 1.807) is 12.1 Å². The predicted molar refractivity (Wildman–Crippen MR) is 102 cm³/mol. The lowest BCUT2D eigenvalue weighted by Gasteiger charge is -2.13. The zero-order valence-electron chi connectivity index (χ0n) is 14.7. The first-order valence-electron chi connectivity index (χ1n) is 8.65. The number of hydrogen-bond donors (Lipinski definition) is 2. The molecule has 0 saturated heterocycles. The van der Waals surface area contributed by atoms with Crippen molar-refractivity contribution in [2.24, 2.45) is 5.92 Å². The molecule has 0 aliphatic heterocycles. The molecule has 1 heterocycles. The van der Waals surface area contributed by atoms with E-state index in [-0.39, 0.29) is 0 Å². The molecule has 3 aromatic rings. The highest BCUT2D eigenvalue weighted by atomic mass is 16.5. The summed E-state index contributed by atoms with van der Waals surface area (Å²) in [5, 5.41) is 12.6. The van der Waals surface area contributed by atoms with Crippen LogP contribution in [0.5, 0.6) is 0 Å². The number of carboxylic acids is 1. The molecule has 2 N–H and O–H groups in total. The Labute approximate surface area is 156 Å². The van der Waals surface area contributed by atoms with Crippen LogP contribution in [0.4, 0.5) is 0 Å². The van der Waals surface area contributed by atoms with Crippen molar-refractivity contribution in [2.75, 3.05) is 0 Å². The molecule has 0 aliphatic carbocycles.